The lowest BCUT2D eigenvalue weighted by Gasteiger charge is -2.28. The number of hydrogen-bond acceptors (Lipinski definition) is 3. The van der Waals surface area contributed by atoms with Crippen molar-refractivity contribution in [2.45, 2.75) is 6.42 Å². The normalized spacial score (nSPS) is 18.9. The van der Waals surface area contributed by atoms with E-state index in [9.17, 15) is 9.59 Å². The van der Waals surface area contributed by atoms with Gasteiger partial charge in [-0.15, -0.1) is 0 Å². The van der Waals surface area contributed by atoms with Gasteiger partial charge in [-0.25, -0.2) is 0 Å². The molecule has 1 saturated carbocycles. The fraction of sp³-hybridized carbons (Fsp3) is 0.231. The summed E-state index contributed by atoms with van der Waals surface area (Å²) in [4.78, 5) is 28.9. The highest BCUT2D eigenvalue weighted by Gasteiger charge is 2.45. The number of primary amides is 1. The van der Waals surface area contributed by atoms with Gasteiger partial charge in [-0.2, -0.15) is 0 Å². The van der Waals surface area contributed by atoms with Crippen molar-refractivity contribution in [1.82, 2.24) is 0 Å². The molecule has 1 aliphatic heterocycles. The molecule has 162 valence electrons. The average molecular weight is 446 g/mol. The molecule has 6 heteroatoms. The highest BCUT2D eigenvalue weighted by atomic mass is 35.5. The van der Waals surface area contributed by atoms with E-state index in [2.05, 4.69) is 11.0 Å². The van der Waals surface area contributed by atoms with Gasteiger partial charge in [0.2, 0.25) is 5.91 Å². The molecular formula is C26H24ClN3O2. The fourth-order valence-corrected chi connectivity index (χ4v) is 4.83. The van der Waals surface area contributed by atoms with Crippen LogP contribution in [0.25, 0.3) is 11.1 Å². The minimum Gasteiger partial charge on any atom is -0.369 e. The Bertz CT molecular complexity index is 1200. The van der Waals surface area contributed by atoms with Crippen LogP contribution in [0.3, 0.4) is 0 Å². The Labute approximate surface area is 192 Å². The maximum absolute atomic E-state index is 13.1. The highest BCUT2D eigenvalue weighted by Crippen LogP contribution is 2.48. The van der Waals surface area contributed by atoms with E-state index in [-0.39, 0.29) is 5.91 Å². The van der Waals surface area contributed by atoms with Crippen LogP contribution in [0.15, 0.2) is 66.7 Å². The summed E-state index contributed by atoms with van der Waals surface area (Å²) < 4.78 is 0. The molecule has 1 saturated heterocycles. The van der Waals surface area contributed by atoms with Crippen LogP contribution < -0.4 is 15.5 Å². The number of amides is 2. The van der Waals surface area contributed by atoms with Crippen molar-refractivity contribution < 1.29 is 9.59 Å². The predicted molar refractivity (Wildman–Crippen MR) is 128 cm³/mol. The van der Waals surface area contributed by atoms with E-state index in [1.807, 2.05) is 49.5 Å². The number of rotatable bonds is 5. The first kappa shape index (κ1) is 20.6. The number of anilines is 2. The molecular weight excluding hydrogens is 422 g/mol. The Morgan fingerprint density at radius 3 is 2.38 bits per heavy atom. The van der Waals surface area contributed by atoms with Crippen LogP contribution in [-0.2, 0) is 0 Å². The Hall–Kier alpha value is -3.31. The molecule has 3 aromatic rings. The van der Waals surface area contributed by atoms with Gasteiger partial charge in [0.1, 0.15) is 0 Å². The van der Waals surface area contributed by atoms with E-state index in [1.54, 1.807) is 23.1 Å². The highest BCUT2D eigenvalue weighted by molar-refractivity contribution is 6.33. The lowest BCUT2D eigenvalue weighted by molar-refractivity contribution is 0.0988. The van der Waals surface area contributed by atoms with Gasteiger partial charge in [-0.3, -0.25) is 9.59 Å². The molecule has 2 unspecified atom stereocenters. The van der Waals surface area contributed by atoms with Crippen molar-refractivity contribution in [1.29, 1.82) is 0 Å². The number of hydrogen-bond donors (Lipinski definition) is 1. The SMILES string of the molecule is CN(C(=O)c1ccccc1)c1ccc(-c2cc(C(N)=O)ccc2Cl)cc1N1CC2CC2C1. The molecule has 2 atom stereocenters. The van der Waals surface area contributed by atoms with Crippen molar-refractivity contribution in [3.8, 4) is 11.1 Å². The van der Waals surface area contributed by atoms with Crippen LogP contribution in [0, 0.1) is 11.8 Å². The fourth-order valence-electron chi connectivity index (χ4n) is 4.61. The Morgan fingerprint density at radius 2 is 1.69 bits per heavy atom. The van der Waals surface area contributed by atoms with Crippen LogP contribution in [0.4, 0.5) is 11.4 Å². The monoisotopic (exact) mass is 445 g/mol. The van der Waals surface area contributed by atoms with Gasteiger partial charge in [-0.05, 0) is 66.3 Å². The second-order valence-corrected chi connectivity index (χ2v) is 9.06. The zero-order valence-electron chi connectivity index (χ0n) is 17.8. The van der Waals surface area contributed by atoms with E-state index in [0.717, 1.165) is 47.4 Å². The maximum Gasteiger partial charge on any atom is 0.258 e. The number of halogens is 1. The van der Waals surface area contributed by atoms with Crippen molar-refractivity contribution in [2.24, 2.45) is 17.6 Å². The van der Waals surface area contributed by atoms with Crippen LogP contribution in [0.5, 0.6) is 0 Å². The van der Waals surface area contributed by atoms with Crippen LogP contribution in [-0.4, -0.2) is 32.0 Å². The van der Waals surface area contributed by atoms with Crippen LogP contribution in [0.1, 0.15) is 27.1 Å². The van der Waals surface area contributed by atoms with E-state index in [1.165, 1.54) is 6.42 Å². The molecule has 0 aromatic heterocycles. The summed E-state index contributed by atoms with van der Waals surface area (Å²) in [6.45, 7) is 1.98. The van der Waals surface area contributed by atoms with E-state index >= 15 is 0 Å². The lowest BCUT2D eigenvalue weighted by Crippen LogP contribution is -2.30. The molecule has 5 nitrogen and oxygen atoms in total. The summed E-state index contributed by atoms with van der Waals surface area (Å²) in [5.41, 5.74) is 10.0. The molecule has 1 heterocycles. The van der Waals surface area contributed by atoms with Crippen molar-refractivity contribution in [2.75, 3.05) is 29.9 Å². The smallest absolute Gasteiger partial charge is 0.258 e. The Balaban J connectivity index is 1.57. The number of carbonyl (C=O) groups is 2. The zero-order valence-corrected chi connectivity index (χ0v) is 18.5. The topological polar surface area (TPSA) is 66.6 Å². The molecule has 2 N–H and O–H groups in total. The molecule has 32 heavy (non-hydrogen) atoms. The molecule has 1 aliphatic carbocycles. The number of piperidine rings is 1. The molecule has 5 rings (SSSR count). The van der Waals surface area contributed by atoms with Gasteiger partial charge in [0.25, 0.3) is 5.91 Å². The van der Waals surface area contributed by atoms with Crippen molar-refractivity contribution in [3.05, 3.63) is 82.9 Å². The van der Waals surface area contributed by atoms with Gasteiger partial charge in [0.05, 0.1) is 11.4 Å². The second-order valence-electron chi connectivity index (χ2n) is 8.65. The third-order valence-electron chi connectivity index (χ3n) is 6.54. The van der Waals surface area contributed by atoms with Gasteiger partial charge >= 0.3 is 0 Å². The summed E-state index contributed by atoms with van der Waals surface area (Å²) >= 11 is 6.48. The Morgan fingerprint density at radius 1 is 0.969 bits per heavy atom. The molecule has 2 aliphatic rings. The van der Waals surface area contributed by atoms with Crippen LogP contribution in [0.2, 0.25) is 5.02 Å². The summed E-state index contributed by atoms with van der Waals surface area (Å²) in [7, 11) is 1.81. The third kappa shape index (κ3) is 3.73. The summed E-state index contributed by atoms with van der Waals surface area (Å²) in [5, 5.41) is 0.548. The van der Waals surface area contributed by atoms with Crippen molar-refractivity contribution in [3.63, 3.8) is 0 Å². The quantitative estimate of drug-likeness (QED) is 0.611. The maximum atomic E-state index is 13.1. The largest absolute Gasteiger partial charge is 0.369 e. The first-order chi connectivity index (χ1) is 15.4. The summed E-state index contributed by atoms with van der Waals surface area (Å²) in [5.74, 6) is 0.928. The Kier molecular flexibility index (Phi) is 5.14. The molecule has 0 bridgehead atoms. The predicted octanol–water partition coefficient (Wildman–Crippen LogP) is 4.84. The van der Waals surface area contributed by atoms with Gasteiger partial charge in [-0.1, -0.05) is 35.9 Å². The molecule has 3 aromatic carbocycles. The minimum absolute atomic E-state index is 0.0577. The lowest BCUT2D eigenvalue weighted by atomic mass is 10.0. The molecule has 2 amide bonds. The first-order valence-corrected chi connectivity index (χ1v) is 11.1. The molecule has 0 radical (unpaired) electrons. The van der Waals surface area contributed by atoms with Gasteiger partial charge in [0, 0.05) is 41.9 Å². The number of carbonyl (C=O) groups excluding carboxylic acids is 2. The molecule has 0 spiro atoms. The third-order valence-corrected chi connectivity index (χ3v) is 6.87. The number of benzene rings is 3. The standard InChI is InChI=1S/C26H24ClN3O2/c1-29(26(32)16-5-3-2-4-6-16)23-10-8-17(13-24(23)30-14-19-11-20(19)15-30)21-12-18(25(28)31)7-9-22(21)27/h2-10,12-13,19-20H,11,14-15H2,1H3,(H2,28,31). The number of nitrogens with zero attached hydrogens (tertiary/aromatic N) is 2. The molecule has 2 fully saturated rings. The minimum atomic E-state index is -0.493. The van der Waals surface area contributed by atoms with Crippen molar-refractivity contribution >= 4 is 34.8 Å². The first-order valence-electron chi connectivity index (χ1n) is 10.7. The number of nitrogens with two attached hydrogens (primary N) is 1. The van der Waals surface area contributed by atoms with Crippen LogP contribution >= 0.6 is 11.6 Å². The van der Waals surface area contributed by atoms with Gasteiger partial charge in [0.15, 0.2) is 0 Å². The van der Waals surface area contributed by atoms with E-state index in [0.29, 0.717) is 16.1 Å². The average Bonchev–Trinajstić information content (AvgIpc) is 3.43. The summed E-state index contributed by atoms with van der Waals surface area (Å²) in [6.07, 6.45) is 1.29. The van der Waals surface area contributed by atoms with E-state index < -0.39 is 5.91 Å². The summed E-state index contributed by atoms with van der Waals surface area (Å²) in [6, 6.07) is 20.3. The van der Waals surface area contributed by atoms with E-state index in [4.69, 9.17) is 17.3 Å². The zero-order chi connectivity index (χ0) is 22.4. The number of fused-ring (bicyclic) bond motifs is 1. The second kappa shape index (κ2) is 7.99. The van der Waals surface area contributed by atoms with Gasteiger partial charge < -0.3 is 15.5 Å².